The zero-order valence-corrected chi connectivity index (χ0v) is 34.9. The lowest BCUT2D eigenvalue weighted by atomic mass is 9.61. The van der Waals surface area contributed by atoms with Crippen LogP contribution in [0.1, 0.15) is 113 Å². The zero-order valence-electron chi connectivity index (χ0n) is 32.9. The second kappa shape index (κ2) is 14.0. The fraction of sp³-hybridized carbons (Fsp3) is 0.780. The van der Waals surface area contributed by atoms with Gasteiger partial charge in [0.1, 0.15) is 0 Å². The van der Waals surface area contributed by atoms with Crippen LogP contribution in [-0.2, 0) is 18.4 Å². The summed E-state index contributed by atoms with van der Waals surface area (Å²) < 4.78 is 19.2. The molecule has 0 radical (unpaired) electrons. The maximum Gasteiger partial charge on any atom is 0.314 e. The number of carbonyl (C=O) groups is 1. The Kier molecular flexibility index (Phi) is 11.6. The molecular formula is C41H70O5Si2. The molecule has 272 valence electrons. The molecule has 0 bridgehead atoms. The maximum atomic E-state index is 12.3. The standard InChI is InChI=1S/C41H70O5Si2/c1-28(17-22-36(42)41(24-25-41)37(43)44-10)33-20-21-34-30(16-15-23-40(33,34)9)18-19-31-26-32(45-47(11,12)38(3,4)5)27-35(29(31)2)46-48(13,14)39(6,7)8/h17-19,22,28,32-36,42H,2,15-16,20-21,23-27H2,1,3-14H3/t28-,32-,33-,34+,35+,36+,40-/m1/s1. The summed E-state index contributed by atoms with van der Waals surface area (Å²) in [4.78, 5) is 12.3. The van der Waals surface area contributed by atoms with Crippen LogP contribution in [0.4, 0.5) is 0 Å². The van der Waals surface area contributed by atoms with E-state index in [9.17, 15) is 9.90 Å². The van der Waals surface area contributed by atoms with Gasteiger partial charge in [-0.1, -0.05) is 91.8 Å². The summed E-state index contributed by atoms with van der Waals surface area (Å²) in [6.07, 6.45) is 17.4. The van der Waals surface area contributed by atoms with Crippen LogP contribution in [0.25, 0.3) is 0 Å². The van der Waals surface area contributed by atoms with Crippen molar-refractivity contribution in [3.05, 3.63) is 47.6 Å². The summed E-state index contributed by atoms with van der Waals surface area (Å²) in [7, 11) is -2.56. The molecule has 7 heteroatoms. The zero-order chi connectivity index (χ0) is 36.1. The SMILES string of the molecule is C=C1C(=CC=C2CCC[C@]3(C)[C@@H]([C@H](C)C=C[C@H](O)C4(C(=O)OC)CC4)CC[C@@H]23)C[C@@H](O[Si](C)(C)C(C)(C)C)C[C@@H]1O[Si](C)(C)C(C)(C)C. The van der Waals surface area contributed by atoms with Crippen molar-refractivity contribution in [1.29, 1.82) is 0 Å². The Labute approximate surface area is 296 Å². The van der Waals surface area contributed by atoms with Crippen molar-refractivity contribution in [2.45, 2.75) is 168 Å². The number of fused-ring (bicyclic) bond motifs is 1. The topological polar surface area (TPSA) is 65.0 Å². The van der Waals surface area contributed by atoms with Crippen LogP contribution in [0.15, 0.2) is 47.6 Å². The van der Waals surface area contributed by atoms with E-state index in [-0.39, 0.29) is 33.7 Å². The Morgan fingerprint density at radius 3 is 2.12 bits per heavy atom. The van der Waals surface area contributed by atoms with Crippen molar-refractivity contribution in [3.63, 3.8) is 0 Å². The van der Waals surface area contributed by atoms with Crippen molar-refractivity contribution in [1.82, 2.24) is 0 Å². The molecule has 0 heterocycles. The molecule has 5 nitrogen and oxygen atoms in total. The summed E-state index contributed by atoms with van der Waals surface area (Å²) in [5, 5.41) is 11.2. The molecule has 48 heavy (non-hydrogen) atoms. The first kappa shape index (κ1) is 39.5. The number of methoxy groups -OCH3 is 1. The van der Waals surface area contributed by atoms with E-state index in [0.717, 1.165) is 24.8 Å². The molecule has 0 aromatic heterocycles. The molecule has 0 saturated heterocycles. The van der Waals surface area contributed by atoms with Crippen molar-refractivity contribution in [2.24, 2.45) is 28.6 Å². The highest BCUT2D eigenvalue weighted by molar-refractivity contribution is 6.74. The van der Waals surface area contributed by atoms with Crippen LogP contribution < -0.4 is 0 Å². The monoisotopic (exact) mass is 698 g/mol. The van der Waals surface area contributed by atoms with Crippen LogP contribution in [-0.4, -0.2) is 53.1 Å². The van der Waals surface area contributed by atoms with Gasteiger partial charge in [0.15, 0.2) is 16.6 Å². The van der Waals surface area contributed by atoms with Gasteiger partial charge in [0, 0.05) is 6.42 Å². The highest BCUT2D eigenvalue weighted by Crippen LogP contribution is 2.60. The largest absolute Gasteiger partial charge is 0.469 e. The average molecular weight is 699 g/mol. The van der Waals surface area contributed by atoms with E-state index in [1.165, 1.54) is 38.4 Å². The number of carbonyl (C=O) groups excluding carboxylic acids is 1. The van der Waals surface area contributed by atoms with Gasteiger partial charge in [0.05, 0.1) is 30.8 Å². The van der Waals surface area contributed by atoms with E-state index in [4.69, 9.17) is 13.6 Å². The van der Waals surface area contributed by atoms with E-state index < -0.39 is 28.2 Å². The number of esters is 1. The Balaban J connectivity index is 1.56. The predicted molar refractivity (Wildman–Crippen MR) is 205 cm³/mol. The molecule has 4 fully saturated rings. The molecule has 0 amide bonds. The van der Waals surface area contributed by atoms with Gasteiger partial charge in [-0.3, -0.25) is 4.79 Å². The summed E-state index contributed by atoms with van der Waals surface area (Å²) in [6, 6.07) is 0. The van der Waals surface area contributed by atoms with Gasteiger partial charge in [-0.2, -0.15) is 0 Å². The number of ether oxygens (including phenoxy) is 1. The number of hydrogen-bond acceptors (Lipinski definition) is 5. The first-order valence-electron chi connectivity index (χ1n) is 18.9. The lowest BCUT2D eigenvalue weighted by Gasteiger charge is -2.45. The number of rotatable bonds is 10. The minimum absolute atomic E-state index is 0.0107. The number of aliphatic hydroxyl groups excluding tert-OH is 1. The van der Waals surface area contributed by atoms with Gasteiger partial charge in [-0.15, -0.1) is 0 Å². The fourth-order valence-corrected chi connectivity index (χ4v) is 11.1. The van der Waals surface area contributed by atoms with Crippen molar-refractivity contribution in [2.75, 3.05) is 7.11 Å². The Bertz CT molecular complexity index is 1290. The van der Waals surface area contributed by atoms with Crippen LogP contribution >= 0.6 is 0 Å². The molecule has 4 rings (SSSR count). The first-order chi connectivity index (χ1) is 22.0. The quantitative estimate of drug-likeness (QED) is 0.140. The molecule has 4 aliphatic rings. The van der Waals surface area contributed by atoms with E-state index in [1.54, 1.807) is 5.57 Å². The van der Waals surface area contributed by atoms with Gasteiger partial charge in [0.25, 0.3) is 0 Å². The number of hydrogen-bond donors (Lipinski definition) is 1. The summed E-state index contributed by atoms with van der Waals surface area (Å²) in [5.41, 5.74) is 3.52. The summed E-state index contributed by atoms with van der Waals surface area (Å²) in [6.45, 7) is 32.8. The molecule has 4 aliphatic carbocycles. The minimum Gasteiger partial charge on any atom is -0.469 e. The average Bonchev–Trinajstić information content (AvgIpc) is 3.70. The molecule has 0 aromatic rings. The molecule has 0 aromatic carbocycles. The van der Waals surface area contributed by atoms with Gasteiger partial charge < -0.3 is 18.7 Å². The smallest absolute Gasteiger partial charge is 0.314 e. The number of allylic oxidation sites excluding steroid dienone is 4. The lowest BCUT2D eigenvalue weighted by molar-refractivity contribution is -0.150. The van der Waals surface area contributed by atoms with Gasteiger partial charge >= 0.3 is 5.97 Å². The van der Waals surface area contributed by atoms with E-state index in [0.29, 0.717) is 30.6 Å². The molecule has 7 atom stereocenters. The van der Waals surface area contributed by atoms with Crippen molar-refractivity contribution < 1.29 is 23.5 Å². The third-order valence-corrected chi connectivity index (χ3v) is 23.0. The van der Waals surface area contributed by atoms with E-state index >= 15 is 0 Å². The highest BCUT2D eigenvalue weighted by atomic mass is 28.4. The lowest BCUT2D eigenvalue weighted by Crippen LogP contribution is -2.49. The first-order valence-corrected chi connectivity index (χ1v) is 24.7. The normalized spacial score (nSPS) is 32.8. The minimum atomic E-state index is -2.01. The third kappa shape index (κ3) is 7.96. The van der Waals surface area contributed by atoms with Gasteiger partial charge in [-0.25, -0.2) is 0 Å². The number of aliphatic hydroxyl groups is 1. The molecule has 1 N–H and O–H groups in total. The summed E-state index contributed by atoms with van der Waals surface area (Å²) >= 11 is 0. The predicted octanol–water partition coefficient (Wildman–Crippen LogP) is 10.7. The van der Waals surface area contributed by atoms with Gasteiger partial charge in [-0.05, 0) is 122 Å². The van der Waals surface area contributed by atoms with Crippen molar-refractivity contribution in [3.8, 4) is 0 Å². The van der Waals surface area contributed by atoms with Crippen LogP contribution in [0.5, 0.6) is 0 Å². The Morgan fingerprint density at radius 1 is 0.958 bits per heavy atom. The second-order valence-corrected chi connectivity index (χ2v) is 28.7. The van der Waals surface area contributed by atoms with Crippen LogP contribution in [0.2, 0.25) is 36.3 Å². The molecule has 0 aliphatic heterocycles. The van der Waals surface area contributed by atoms with E-state index in [2.05, 4.69) is 106 Å². The van der Waals surface area contributed by atoms with Crippen LogP contribution in [0.3, 0.4) is 0 Å². The fourth-order valence-electron chi connectivity index (χ4n) is 8.47. The van der Waals surface area contributed by atoms with Gasteiger partial charge in [0.2, 0.25) is 0 Å². The summed E-state index contributed by atoms with van der Waals surface area (Å²) in [5.74, 6) is 1.16. The van der Waals surface area contributed by atoms with Crippen molar-refractivity contribution >= 4 is 22.6 Å². The second-order valence-electron chi connectivity index (χ2n) is 19.2. The Morgan fingerprint density at radius 2 is 1.56 bits per heavy atom. The molecule has 4 saturated carbocycles. The molecule has 0 spiro atoms. The Hall–Kier alpha value is -1.26. The van der Waals surface area contributed by atoms with E-state index in [1.807, 2.05) is 6.08 Å². The molecular weight excluding hydrogens is 629 g/mol. The maximum absolute atomic E-state index is 12.3. The molecule has 0 unspecified atom stereocenters. The highest BCUT2D eigenvalue weighted by Gasteiger charge is 2.56. The van der Waals surface area contributed by atoms with Crippen LogP contribution in [0, 0.1) is 28.6 Å². The third-order valence-electron chi connectivity index (χ3n) is 14.0.